The van der Waals surface area contributed by atoms with Crippen molar-refractivity contribution in [3.05, 3.63) is 54.1 Å². The van der Waals surface area contributed by atoms with Crippen LogP contribution in [0.3, 0.4) is 0 Å². The van der Waals surface area contributed by atoms with Gasteiger partial charge in [-0.25, -0.2) is 0 Å². The Morgan fingerprint density at radius 1 is 0.733 bits per heavy atom. The maximum Gasteiger partial charge on any atom is 0.239 e. The minimum absolute atomic E-state index is 1.37. The van der Waals surface area contributed by atoms with Gasteiger partial charge in [-0.15, -0.1) is 0 Å². The molecule has 0 bridgehead atoms. The van der Waals surface area contributed by atoms with Crippen molar-refractivity contribution in [2.75, 3.05) is 0 Å². The molecule has 0 saturated carbocycles. The Balaban J connectivity index is 2.60. The molecule has 0 atom stereocenters. The summed E-state index contributed by atoms with van der Waals surface area (Å²) in [7, 11) is 0. The van der Waals surface area contributed by atoms with E-state index in [2.05, 4.69) is 55.5 Å². The van der Waals surface area contributed by atoms with Crippen molar-refractivity contribution in [3.63, 3.8) is 0 Å². The van der Waals surface area contributed by atoms with Crippen molar-refractivity contribution >= 4 is 31.5 Å². The van der Waals surface area contributed by atoms with Crippen LogP contribution in [0.2, 0.25) is 0 Å². The van der Waals surface area contributed by atoms with Gasteiger partial charge in [-0.2, -0.15) is 0 Å². The van der Waals surface area contributed by atoms with E-state index in [0.717, 1.165) is 0 Å². The summed E-state index contributed by atoms with van der Waals surface area (Å²) in [6, 6.07) is 17.2. The molecule has 1 aromatic heterocycles. The molecule has 1 heterocycles. The van der Waals surface area contributed by atoms with Crippen LogP contribution in [0.1, 0.15) is 5.56 Å². The lowest BCUT2D eigenvalue weighted by Gasteiger charge is -1.98. The van der Waals surface area contributed by atoms with Crippen molar-refractivity contribution < 1.29 is 0 Å². The molecule has 0 aliphatic heterocycles. The summed E-state index contributed by atoms with van der Waals surface area (Å²) in [5.74, 6) is 0. The maximum absolute atomic E-state index is 2.21. The molecule has 2 aromatic carbocycles. The van der Waals surface area contributed by atoms with Crippen molar-refractivity contribution in [1.82, 2.24) is 0 Å². The second-order valence-electron chi connectivity index (χ2n) is 3.72. The molecule has 0 aliphatic rings. The molecule has 0 radical (unpaired) electrons. The monoisotopic (exact) mass is 211 g/mol. The molecule has 0 fully saturated rings. The molecule has 0 aliphatic carbocycles. The molecule has 1 heteroatoms. The first-order chi connectivity index (χ1) is 7.36. The molecule has 72 valence electrons. The fourth-order valence-electron chi connectivity index (χ4n) is 1.99. The first-order valence-electron chi connectivity index (χ1n) is 5.06. The molecule has 0 saturated heterocycles. The average Bonchev–Trinajstić information content (AvgIpc) is 2.30. The van der Waals surface area contributed by atoms with E-state index in [4.69, 9.17) is 0 Å². The second-order valence-corrected chi connectivity index (χ2v) is 4.80. The van der Waals surface area contributed by atoms with Gasteiger partial charge >= 0.3 is 0 Å². The van der Waals surface area contributed by atoms with Crippen LogP contribution >= 0.6 is 11.3 Å². The van der Waals surface area contributed by atoms with Gasteiger partial charge in [-0.3, -0.25) is 0 Å². The van der Waals surface area contributed by atoms with Gasteiger partial charge in [0, 0.05) is 22.9 Å². The van der Waals surface area contributed by atoms with Crippen LogP contribution in [0.15, 0.2) is 48.5 Å². The summed E-state index contributed by atoms with van der Waals surface area (Å²) in [4.78, 5) is 0. The van der Waals surface area contributed by atoms with Gasteiger partial charge < -0.3 is 0 Å². The molecular formula is C14H11S+. The number of rotatable bonds is 0. The third-order valence-electron chi connectivity index (χ3n) is 2.80. The fourth-order valence-corrected chi connectivity index (χ4v) is 3.19. The lowest BCUT2D eigenvalue weighted by molar-refractivity contribution is 1.60. The zero-order valence-corrected chi connectivity index (χ0v) is 9.34. The number of fused-ring (bicyclic) bond motifs is 2. The Morgan fingerprint density at radius 3 is 1.73 bits per heavy atom. The molecule has 3 aromatic rings. The van der Waals surface area contributed by atoms with Gasteiger partial charge in [-0.05, 0) is 24.6 Å². The van der Waals surface area contributed by atoms with Crippen LogP contribution in [-0.2, 0) is 0 Å². The van der Waals surface area contributed by atoms with Crippen LogP contribution in [-0.4, -0.2) is 0 Å². The standard InChI is InChI=1S/C14H11S/c1-10-11-6-2-4-8-13(11)15-14-9-5-3-7-12(10)14/h2-9H,1H3/q+1. The minimum Gasteiger partial charge on any atom is -0.0613 e. The van der Waals surface area contributed by atoms with Crippen LogP contribution in [0.25, 0.3) is 20.2 Å². The smallest absolute Gasteiger partial charge is 0.0613 e. The predicted molar refractivity (Wildman–Crippen MR) is 68.5 cm³/mol. The first-order valence-corrected chi connectivity index (χ1v) is 5.88. The van der Waals surface area contributed by atoms with E-state index in [-0.39, 0.29) is 0 Å². The van der Waals surface area contributed by atoms with Gasteiger partial charge in [0.25, 0.3) is 0 Å². The lowest BCUT2D eigenvalue weighted by Crippen LogP contribution is -1.79. The van der Waals surface area contributed by atoms with Crippen LogP contribution in [0, 0.1) is 6.92 Å². The van der Waals surface area contributed by atoms with Crippen molar-refractivity contribution in [1.29, 1.82) is 0 Å². The Bertz CT molecular complexity index is 587. The molecule has 0 amide bonds. The largest absolute Gasteiger partial charge is 0.239 e. The van der Waals surface area contributed by atoms with Gasteiger partial charge in [0.2, 0.25) is 20.7 Å². The summed E-state index contributed by atoms with van der Waals surface area (Å²) < 4.78 is 2.74. The average molecular weight is 211 g/mol. The van der Waals surface area contributed by atoms with Gasteiger partial charge in [0.15, 0.2) is 0 Å². The molecular weight excluding hydrogens is 200 g/mol. The van der Waals surface area contributed by atoms with E-state index in [9.17, 15) is 0 Å². The quantitative estimate of drug-likeness (QED) is 0.375. The SMILES string of the molecule is Cc1c2ccccc2[s+]c2ccccc12. The number of benzene rings is 2. The summed E-state index contributed by atoms with van der Waals surface area (Å²) >= 11 is 1.87. The van der Waals surface area contributed by atoms with E-state index in [0.29, 0.717) is 0 Å². The third kappa shape index (κ3) is 1.31. The fraction of sp³-hybridized carbons (Fsp3) is 0.0714. The van der Waals surface area contributed by atoms with Crippen LogP contribution < -0.4 is 0 Å². The van der Waals surface area contributed by atoms with E-state index in [1.165, 1.54) is 25.7 Å². The van der Waals surface area contributed by atoms with Gasteiger partial charge in [0.05, 0.1) is 0 Å². The number of aryl methyl sites for hydroxylation is 1. The zero-order valence-electron chi connectivity index (χ0n) is 8.53. The van der Waals surface area contributed by atoms with Gasteiger partial charge in [-0.1, -0.05) is 24.3 Å². The van der Waals surface area contributed by atoms with Crippen LogP contribution in [0.4, 0.5) is 0 Å². The summed E-state index contributed by atoms with van der Waals surface area (Å²) in [5, 5.41) is 2.75. The number of hydrogen-bond donors (Lipinski definition) is 0. The summed E-state index contributed by atoms with van der Waals surface area (Å²) in [6.45, 7) is 2.21. The summed E-state index contributed by atoms with van der Waals surface area (Å²) in [6.07, 6.45) is 0. The second kappa shape index (κ2) is 3.28. The topological polar surface area (TPSA) is 0 Å². The Kier molecular flexibility index (Phi) is 1.93. The first kappa shape index (κ1) is 8.81. The zero-order chi connectivity index (χ0) is 10.3. The normalized spacial score (nSPS) is 11.0. The highest BCUT2D eigenvalue weighted by atomic mass is 32.1. The highest BCUT2D eigenvalue weighted by molar-refractivity contribution is 7.24. The van der Waals surface area contributed by atoms with Crippen molar-refractivity contribution in [3.8, 4) is 0 Å². The van der Waals surface area contributed by atoms with Gasteiger partial charge in [0.1, 0.15) is 0 Å². The van der Waals surface area contributed by atoms with E-state index in [1.54, 1.807) is 0 Å². The predicted octanol–water partition coefficient (Wildman–Crippen LogP) is 4.64. The number of hydrogen-bond acceptors (Lipinski definition) is 0. The molecule has 3 rings (SSSR count). The maximum atomic E-state index is 2.21. The van der Waals surface area contributed by atoms with Crippen molar-refractivity contribution in [2.24, 2.45) is 0 Å². The molecule has 0 N–H and O–H groups in total. The summed E-state index contributed by atoms with van der Waals surface area (Å²) in [5.41, 5.74) is 1.39. The highest BCUT2D eigenvalue weighted by Crippen LogP contribution is 2.31. The van der Waals surface area contributed by atoms with E-state index in [1.807, 2.05) is 11.3 Å². The highest BCUT2D eigenvalue weighted by Gasteiger charge is 2.12. The van der Waals surface area contributed by atoms with E-state index < -0.39 is 0 Å². The Hall–Kier alpha value is -1.47. The minimum atomic E-state index is 1.37. The molecule has 15 heavy (non-hydrogen) atoms. The molecule has 0 unspecified atom stereocenters. The Labute approximate surface area is 92.8 Å². The van der Waals surface area contributed by atoms with Crippen LogP contribution in [0.5, 0.6) is 0 Å². The molecule has 0 nitrogen and oxygen atoms in total. The third-order valence-corrected chi connectivity index (χ3v) is 3.95. The van der Waals surface area contributed by atoms with E-state index >= 15 is 0 Å². The molecule has 0 spiro atoms. The lowest BCUT2D eigenvalue weighted by atomic mass is 10.1. The Morgan fingerprint density at radius 2 is 1.20 bits per heavy atom. The van der Waals surface area contributed by atoms with Crippen molar-refractivity contribution in [2.45, 2.75) is 6.92 Å².